The maximum Gasteiger partial charge on any atom is 0.335 e. The van der Waals surface area contributed by atoms with E-state index in [1.54, 1.807) is 0 Å². The smallest absolute Gasteiger partial charge is 0.335 e. The van der Waals surface area contributed by atoms with Gasteiger partial charge in [-0.3, -0.25) is 0 Å². The number of hydrogen-bond donors (Lipinski definition) is 5. The maximum atomic E-state index is 9.77. The molecule has 1 aliphatic heterocycles. The quantitative estimate of drug-likeness (QED) is 0.406. The Hall–Kier alpha value is -1.69. The number of nitrogens with zero attached hydrogens (tertiary/aromatic N) is 1. The third-order valence-corrected chi connectivity index (χ3v) is 2.33. The van der Waals surface area contributed by atoms with Gasteiger partial charge in [-0.1, -0.05) is 0 Å². The summed E-state index contributed by atoms with van der Waals surface area (Å²) in [6, 6.07) is 2.26. The topological polar surface area (TPSA) is 151 Å². The first kappa shape index (κ1) is 16.3. The van der Waals surface area contributed by atoms with Crippen molar-refractivity contribution in [1.82, 2.24) is 5.32 Å². The van der Waals surface area contributed by atoms with E-state index >= 15 is 0 Å². The molecule has 0 aromatic rings. The Morgan fingerprint density at radius 1 is 1.11 bits per heavy atom. The Labute approximate surface area is 103 Å². The van der Waals surface area contributed by atoms with Gasteiger partial charge < -0.3 is 25.7 Å². The largest absolute Gasteiger partial charge is 0.479 e. The lowest BCUT2D eigenvalue weighted by Crippen LogP contribution is -2.39. The monoisotopic (exact) mass is 260 g/mol. The highest BCUT2D eigenvalue weighted by atomic mass is 16.4. The van der Waals surface area contributed by atoms with E-state index in [0.29, 0.717) is 5.92 Å². The lowest BCUT2D eigenvalue weighted by Gasteiger charge is -2.15. The average Bonchev–Trinajstić information content (AvgIpc) is 2.38. The first-order valence-electron chi connectivity index (χ1n) is 5.32. The van der Waals surface area contributed by atoms with E-state index in [1.165, 1.54) is 0 Å². The zero-order valence-corrected chi connectivity index (χ0v) is 9.61. The van der Waals surface area contributed by atoms with Crippen molar-refractivity contribution in [1.29, 1.82) is 5.26 Å². The molecular formula is C10H16N2O6. The van der Waals surface area contributed by atoms with Crippen LogP contribution in [0.15, 0.2) is 0 Å². The molecule has 8 nitrogen and oxygen atoms in total. The Bertz CT molecular complexity index is 303. The molecule has 0 aromatic heterocycles. The summed E-state index contributed by atoms with van der Waals surface area (Å²) in [5.41, 5.74) is 0. The Kier molecular flexibility index (Phi) is 7.62. The molecule has 2 atom stereocenters. The number of aliphatic hydroxyl groups is 2. The van der Waals surface area contributed by atoms with Crippen LogP contribution in [0.1, 0.15) is 12.8 Å². The third kappa shape index (κ3) is 6.15. The fourth-order valence-electron chi connectivity index (χ4n) is 1.22. The fraction of sp³-hybridized carbons (Fsp3) is 0.700. The van der Waals surface area contributed by atoms with Gasteiger partial charge in [0, 0.05) is 5.92 Å². The zero-order chi connectivity index (χ0) is 14.1. The van der Waals surface area contributed by atoms with Gasteiger partial charge in [0.25, 0.3) is 0 Å². The van der Waals surface area contributed by atoms with Crippen LogP contribution >= 0.6 is 0 Å². The molecule has 1 fully saturated rings. The highest BCUT2D eigenvalue weighted by Gasteiger charge is 2.29. The summed E-state index contributed by atoms with van der Waals surface area (Å²) in [6.07, 6.45) is -2.46. The lowest BCUT2D eigenvalue weighted by atomic mass is 10.0. The fourth-order valence-corrected chi connectivity index (χ4v) is 1.22. The van der Waals surface area contributed by atoms with Crippen molar-refractivity contribution >= 4 is 11.9 Å². The molecule has 8 heteroatoms. The molecule has 5 N–H and O–H groups in total. The maximum absolute atomic E-state index is 9.77. The van der Waals surface area contributed by atoms with Crippen molar-refractivity contribution in [2.24, 2.45) is 5.92 Å². The van der Waals surface area contributed by atoms with Crippen molar-refractivity contribution in [2.75, 3.05) is 13.1 Å². The van der Waals surface area contributed by atoms with Crippen LogP contribution in [0.25, 0.3) is 0 Å². The molecule has 0 bridgehead atoms. The Balaban J connectivity index is 0.000000327. The van der Waals surface area contributed by atoms with Gasteiger partial charge in [-0.2, -0.15) is 5.26 Å². The summed E-state index contributed by atoms with van der Waals surface area (Å²) in [5.74, 6) is -3.21. The van der Waals surface area contributed by atoms with Gasteiger partial charge in [-0.15, -0.1) is 0 Å². The molecule has 0 unspecified atom stereocenters. The van der Waals surface area contributed by atoms with Crippen LogP contribution in [0.5, 0.6) is 0 Å². The first-order valence-corrected chi connectivity index (χ1v) is 5.32. The summed E-state index contributed by atoms with van der Waals surface area (Å²) < 4.78 is 0. The summed E-state index contributed by atoms with van der Waals surface area (Å²) >= 11 is 0. The summed E-state index contributed by atoms with van der Waals surface area (Å²) in [5, 5.41) is 44.1. The molecule has 0 saturated carbocycles. The summed E-state index contributed by atoms with van der Waals surface area (Å²) in [4.78, 5) is 19.5. The Morgan fingerprint density at radius 3 is 1.72 bits per heavy atom. The number of hydrogen-bond acceptors (Lipinski definition) is 6. The zero-order valence-electron chi connectivity index (χ0n) is 9.61. The van der Waals surface area contributed by atoms with Crippen LogP contribution in [-0.2, 0) is 9.59 Å². The van der Waals surface area contributed by atoms with E-state index in [2.05, 4.69) is 11.4 Å². The van der Waals surface area contributed by atoms with E-state index in [0.717, 1.165) is 25.9 Å². The molecule has 0 amide bonds. The van der Waals surface area contributed by atoms with Gasteiger partial charge in [-0.05, 0) is 25.9 Å². The number of aliphatic carboxylic acids is 2. The van der Waals surface area contributed by atoms with Crippen LogP contribution in [0, 0.1) is 17.2 Å². The minimum atomic E-state index is -2.27. The van der Waals surface area contributed by atoms with Gasteiger partial charge in [0.1, 0.15) is 0 Å². The van der Waals surface area contributed by atoms with E-state index in [1.807, 2.05) is 0 Å². The average molecular weight is 260 g/mol. The number of carboxylic acid groups (broad SMARTS) is 2. The molecule has 1 saturated heterocycles. The highest BCUT2D eigenvalue weighted by molar-refractivity contribution is 5.83. The van der Waals surface area contributed by atoms with Crippen molar-refractivity contribution in [2.45, 2.75) is 25.0 Å². The number of aliphatic hydroxyl groups excluding tert-OH is 2. The first-order chi connectivity index (χ1) is 8.40. The van der Waals surface area contributed by atoms with Gasteiger partial charge in [0.05, 0.1) is 6.07 Å². The van der Waals surface area contributed by atoms with Gasteiger partial charge in [0.2, 0.25) is 0 Å². The second kappa shape index (κ2) is 8.41. The molecule has 1 rings (SSSR count). The predicted molar refractivity (Wildman–Crippen MR) is 58.5 cm³/mol. The molecular weight excluding hydrogens is 244 g/mol. The minimum Gasteiger partial charge on any atom is -0.479 e. The summed E-state index contributed by atoms with van der Waals surface area (Å²) in [7, 11) is 0. The van der Waals surface area contributed by atoms with E-state index in [-0.39, 0.29) is 0 Å². The van der Waals surface area contributed by atoms with Crippen molar-refractivity contribution < 1.29 is 30.0 Å². The van der Waals surface area contributed by atoms with E-state index < -0.39 is 24.1 Å². The standard InChI is InChI=1S/C6H10N2.C4H6O6/c7-5-6-1-3-8-4-2-6;5-1(3(7)8)2(6)4(9)10/h6,8H,1-4H2;1-2,5-6H,(H,7,8)(H,9,10)/t;1-,2-/m.1/s1. The van der Waals surface area contributed by atoms with Crippen LogP contribution in [-0.4, -0.2) is 57.7 Å². The molecule has 0 aliphatic carbocycles. The molecule has 0 radical (unpaired) electrons. The third-order valence-electron chi connectivity index (χ3n) is 2.33. The van der Waals surface area contributed by atoms with Crippen molar-refractivity contribution in [3.05, 3.63) is 0 Å². The SMILES string of the molecule is N#CC1CCNCC1.O=C(O)[C@H](O)[C@@H](O)C(=O)O. The van der Waals surface area contributed by atoms with Crippen LogP contribution in [0.3, 0.4) is 0 Å². The number of carboxylic acids is 2. The van der Waals surface area contributed by atoms with Crippen LogP contribution in [0.4, 0.5) is 0 Å². The second-order valence-corrected chi connectivity index (χ2v) is 3.72. The van der Waals surface area contributed by atoms with Gasteiger partial charge >= 0.3 is 11.9 Å². The number of piperidine rings is 1. The highest BCUT2D eigenvalue weighted by Crippen LogP contribution is 2.08. The lowest BCUT2D eigenvalue weighted by molar-refractivity contribution is -0.165. The molecule has 0 spiro atoms. The van der Waals surface area contributed by atoms with Gasteiger partial charge in [-0.25, -0.2) is 9.59 Å². The van der Waals surface area contributed by atoms with Crippen LogP contribution in [0.2, 0.25) is 0 Å². The van der Waals surface area contributed by atoms with Gasteiger partial charge in [0.15, 0.2) is 12.2 Å². The van der Waals surface area contributed by atoms with Crippen LogP contribution < -0.4 is 5.32 Å². The Morgan fingerprint density at radius 2 is 1.50 bits per heavy atom. The van der Waals surface area contributed by atoms with Crippen molar-refractivity contribution in [3.8, 4) is 6.07 Å². The molecule has 1 heterocycles. The normalized spacial score (nSPS) is 18.7. The number of rotatable bonds is 3. The molecule has 102 valence electrons. The summed E-state index contributed by atoms with van der Waals surface area (Å²) in [6.45, 7) is 2.05. The number of nitriles is 1. The molecule has 0 aromatic carbocycles. The van der Waals surface area contributed by atoms with Crippen molar-refractivity contribution in [3.63, 3.8) is 0 Å². The predicted octanol–water partition coefficient (Wildman–Crippen LogP) is -1.61. The minimum absolute atomic E-state index is 0.330. The second-order valence-electron chi connectivity index (χ2n) is 3.72. The van der Waals surface area contributed by atoms with E-state index in [4.69, 9.17) is 25.7 Å². The molecule has 1 aliphatic rings. The molecule has 18 heavy (non-hydrogen) atoms. The van der Waals surface area contributed by atoms with E-state index in [9.17, 15) is 9.59 Å². The number of carbonyl (C=O) groups is 2. The number of nitrogens with one attached hydrogen (secondary N) is 1.